The summed E-state index contributed by atoms with van der Waals surface area (Å²) in [6.07, 6.45) is 0. The van der Waals surface area contributed by atoms with Crippen molar-refractivity contribution in [1.29, 1.82) is 0 Å². The second-order valence-electron chi connectivity index (χ2n) is 12.2. The highest BCUT2D eigenvalue weighted by Gasteiger charge is 2.34. The first-order chi connectivity index (χ1) is 18.7. The molecule has 38 heavy (non-hydrogen) atoms. The summed E-state index contributed by atoms with van der Waals surface area (Å²) in [4.78, 5) is 0. The van der Waals surface area contributed by atoms with E-state index in [2.05, 4.69) is 83.1 Å². The highest BCUT2D eigenvalue weighted by Crippen LogP contribution is 2.60. The molecule has 6 aromatic carbocycles. The van der Waals surface area contributed by atoms with Crippen molar-refractivity contribution in [3.63, 3.8) is 0 Å². The molecule has 7 rings (SSSR count). The van der Waals surface area contributed by atoms with E-state index in [1.54, 1.807) is 0 Å². The Hall–Kier alpha value is -3.38. The van der Waals surface area contributed by atoms with Gasteiger partial charge < -0.3 is 0 Å². The lowest BCUT2D eigenvalue weighted by molar-refractivity contribution is 1.28. The minimum absolute atomic E-state index is 0.610. The fraction of sp³-hybridized carbons (Fsp3) is 0.316. The molecule has 0 heteroatoms. The van der Waals surface area contributed by atoms with Crippen LogP contribution in [0.2, 0.25) is 0 Å². The van der Waals surface area contributed by atoms with E-state index in [4.69, 9.17) is 0 Å². The van der Waals surface area contributed by atoms with E-state index in [0.29, 0.717) is 12.1 Å². The van der Waals surface area contributed by atoms with Crippen LogP contribution in [0.1, 0.15) is 69.5 Å². The second kappa shape index (κ2) is 7.17. The Bertz CT molecular complexity index is 2070. The van der Waals surface area contributed by atoms with E-state index in [0.717, 1.165) is 27.6 Å². The van der Waals surface area contributed by atoms with Gasteiger partial charge in [0.05, 0.1) is 2.74 Å². The van der Waals surface area contributed by atoms with Crippen molar-refractivity contribution in [1.82, 2.24) is 0 Å². The van der Waals surface area contributed by atoms with Gasteiger partial charge in [0.25, 0.3) is 0 Å². The number of benzene rings is 6. The number of fused-ring (bicyclic) bond motifs is 5. The Morgan fingerprint density at radius 2 is 0.605 bits per heavy atom. The normalized spacial score (nSPS) is 13.5. The third-order valence-corrected chi connectivity index (χ3v) is 10.6. The quantitative estimate of drug-likeness (QED) is 0.183. The molecule has 0 heterocycles. The topological polar surface area (TPSA) is 0 Å². The zero-order valence-corrected chi connectivity index (χ0v) is 25.0. The molecule has 0 spiro atoms. The molecule has 0 nitrogen and oxygen atoms in total. The van der Waals surface area contributed by atoms with Gasteiger partial charge >= 0.3 is 0 Å². The largest absolute Gasteiger partial charge is 0.0629 e. The van der Waals surface area contributed by atoms with E-state index < -0.39 is 0 Å². The van der Waals surface area contributed by atoms with Crippen LogP contribution in [0.4, 0.5) is 0 Å². The van der Waals surface area contributed by atoms with Crippen LogP contribution < -0.4 is 0 Å². The van der Waals surface area contributed by atoms with Crippen molar-refractivity contribution in [2.75, 3.05) is 0 Å². The molecule has 0 fully saturated rings. The summed E-state index contributed by atoms with van der Waals surface area (Å²) < 4.78 is 18.5. The molecule has 0 radical (unpaired) electrons. The van der Waals surface area contributed by atoms with Gasteiger partial charge in [-0.15, -0.1) is 0 Å². The highest BCUT2D eigenvalue weighted by atomic mass is 14.4. The van der Waals surface area contributed by atoms with Crippen LogP contribution >= 0.6 is 0 Å². The summed E-state index contributed by atoms with van der Waals surface area (Å²) in [5.41, 5.74) is 20.1. The smallest absolute Gasteiger partial charge is 0.0551 e. The first kappa shape index (κ1) is 21.5. The van der Waals surface area contributed by atoms with Crippen LogP contribution in [0.25, 0.3) is 65.3 Å². The average molecular weight is 497 g/mol. The zero-order valence-electron chi connectivity index (χ0n) is 27.0. The molecule has 0 bridgehead atoms. The van der Waals surface area contributed by atoms with Crippen LogP contribution in [0.5, 0.6) is 0 Å². The van der Waals surface area contributed by atoms with E-state index >= 15 is 0 Å². The van der Waals surface area contributed by atoms with Gasteiger partial charge in [-0.05, 0) is 215 Å². The summed E-state index contributed by atoms with van der Waals surface area (Å²) in [6, 6.07) is 1.22. The Labute approximate surface area is 229 Å². The molecule has 0 atom stereocenters. The molecule has 0 saturated heterocycles. The Morgan fingerprint density at radius 3 is 0.974 bits per heavy atom. The van der Waals surface area contributed by atoms with Crippen molar-refractivity contribution in [3.8, 4) is 22.3 Å². The molecule has 0 unspecified atom stereocenters. The predicted octanol–water partition coefficient (Wildman–Crippen LogP) is 11.1. The standard InChI is InChI=1S/C38H38/c1-15-13-17(3)28-34-27(15)16(2)14-18(4)29(34)36-33-24(10)20(6)22(8)31-26(12)25(11)30-21(7)19(5)23(9)32(35(28)36)37(30)38(31)33/h13-14H,1-12H3/i13D,14D. The summed E-state index contributed by atoms with van der Waals surface area (Å²) in [6.45, 7) is 26.9. The second-order valence-corrected chi connectivity index (χ2v) is 12.2. The molecule has 0 aliphatic heterocycles. The minimum Gasteiger partial charge on any atom is -0.0551 e. The summed E-state index contributed by atoms with van der Waals surface area (Å²) >= 11 is 0. The van der Waals surface area contributed by atoms with Crippen molar-refractivity contribution in [2.45, 2.75) is 83.1 Å². The van der Waals surface area contributed by atoms with Crippen LogP contribution in [0, 0.1) is 83.1 Å². The van der Waals surface area contributed by atoms with Gasteiger partial charge in [-0.25, -0.2) is 0 Å². The van der Waals surface area contributed by atoms with Gasteiger partial charge in [0.15, 0.2) is 0 Å². The molecule has 6 aromatic rings. The Balaban J connectivity index is 2.01. The van der Waals surface area contributed by atoms with Gasteiger partial charge in [0.1, 0.15) is 0 Å². The van der Waals surface area contributed by atoms with E-state index in [-0.39, 0.29) is 0 Å². The number of aryl methyl sites for hydroxylation is 8. The van der Waals surface area contributed by atoms with Crippen molar-refractivity contribution in [3.05, 3.63) is 78.8 Å². The third kappa shape index (κ3) is 2.40. The lowest BCUT2D eigenvalue weighted by atomic mass is 9.76. The molecular weight excluding hydrogens is 456 g/mol. The number of rotatable bonds is 0. The maximum Gasteiger partial charge on any atom is 0.0629 e. The highest BCUT2D eigenvalue weighted by molar-refractivity contribution is 6.39. The van der Waals surface area contributed by atoms with Gasteiger partial charge in [0.2, 0.25) is 0 Å². The van der Waals surface area contributed by atoms with E-state index in [1.807, 2.05) is 0 Å². The van der Waals surface area contributed by atoms with E-state index in [9.17, 15) is 2.74 Å². The summed E-state index contributed by atoms with van der Waals surface area (Å²) in [5, 5.41) is 10.7. The molecule has 0 aromatic heterocycles. The summed E-state index contributed by atoms with van der Waals surface area (Å²) in [5.74, 6) is 0. The maximum atomic E-state index is 9.24. The molecule has 0 saturated carbocycles. The van der Waals surface area contributed by atoms with E-state index in [1.165, 1.54) is 104 Å². The molecule has 0 amide bonds. The van der Waals surface area contributed by atoms with Gasteiger partial charge in [-0.1, -0.05) is 12.1 Å². The Kier molecular flexibility index (Phi) is 4.07. The fourth-order valence-electron chi connectivity index (χ4n) is 8.34. The monoisotopic (exact) mass is 496 g/mol. The van der Waals surface area contributed by atoms with Crippen LogP contribution in [0.15, 0.2) is 12.1 Å². The molecule has 1 aliphatic rings. The predicted molar refractivity (Wildman–Crippen MR) is 169 cm³/mol. The fourth-order valence-corrected chi connectivity index (χ4v) is 8.34. The first-order valence-electron chi connectivity index (χ1n) is 15.0. The Morgan fingerprint density at radius 1 is 0.289 bits per heavy atom. The average Bonchev–Trinajstić information content (AvgIpc) is 3.26. The first-order valence-corrected chi connectivity index (χ1v) is 14.0. The number of hydrogen-bond acceptors (Lipinski definition) is 0. The lowest BCUT2D eigenvalue weighted by Gasteiger charge is -2.27. The molecular formula is C38H38. The SMILES string of the molecule is [2H]c1c(C)c2c3c(c(C)c([2H])c(C)c3c1C)-c1c-2c2c(C)c(C)c(C)c3c(C)c(C)c4c(C)c(C)c(C)c1c4c32. The van der Waals surface area contributed by atoms with Gasteiger partial charge in [0, 0.05) is 0 Å². The van der Waals surface area contributed by atoms with Crippen molar-refractivity contribution < 1.29 is 2.74 Å². The van der Waals surface area contributed by atoms with Crippen molar-refractivity contribution >= 4 is 43.1 Å². The molecule has 1 aliphatic carbocycles. The lowest BCUT2D eigenvalue weighted by Crippen LogP contribution is -2.04. The zero-order chi connectivity index (χ0) is 29.0. The molecule has 0 N–H and O–H groups in total. The van der Waals surface area contributed by atoms with Crippen LogP contribution in [0.3, 0.4) is 0 Å². The van der Waals surface area contributed by atoms with Crippen molar-refractivity contribution in [2.24, 2.45) is 0 Å². The maximum absolute atomic E-state index is 9.24. The van der Waals surface area contributed by atoms with Gasteiger partial charge in [-0.3, -0.25) is 0 Å². The summed E-state index contributed by atoms with van der Waals surface area (Å²) in [7, 11) is 0. The van der Waals surface area contributed by atoms with Gasteiger partial charge in [-0.2, -0.15) is 0 Å². The van der Waals surface area contributed by atoms with Crippen LogP contribution in [-0.2, 0) is 0 Å². The number of hydrogen-bond donors (Lipinski definition) is 0. The third-order valence-electron chi connectivity index (χ3n) is 10.6. The molecule has 190 valence electrons. The van der Waals surface area contributed by atoms with Crippen LogP contribution in [-0.4, -0.2) is 0 Å². The minimum atomic E-state index is 0.610.